The fourth-order valence-corrected chi connectivity index (χ4v) is 8.20. The molecule has 0 bridgehead atoms. The van der Waals surface area contributed by atoms with Crippen molar-refractivity contribution in [3.8, 4) is 5.75 Å². The Hall–Kier alpha value is -4.46. The lowest BCUT2D eigenvalue weighted by Crippen LogP contribution is -2.33. The van der Waals surface area contributed by atoms with Crippen LogP contribution in [0.2, 0.25) is 0 Å². The number of thiophene rings is 1. The SMILES string of the molecule is CCCN1CCC(c2cc(OC)c(Nc3nc(Nc4ccsc4C(N)=O)c4ccn(S(=O)(=O)c5ccc(C)cc5)c4n3)cc2C)CC1. The van der Waals surface area contributed by atoms with Gasteiger partial charge >= 0.3 is 0 Å². The Morgan fingerprint density at radius 3 is 2.47 bits per heavy atom. The van der Waals surface area contributed by atoms with Crippen molar-refractivity contribution in [3.05, 3.63) is 81.7 Å². The zero-order chi connectivity index (χ0) is 33.3. The van der Waals surface area contributed by atoms with Gasteiger partial charge in [0, 0.05) is 6.20 Å². The molecule has 0 aliphatic carbocycles. The standard InChI is InChI=1S/C34H39N7O4S2/c1-5-14-40-15-10-23(11-16-40)26-20-29(45-4)28(19-22(26)3)37-34-38-32(36-27-13-18-46-30(27)31(35)42)25-12-17-41(33(25)39-34)47(43,44)24-8-6-21(2)7-9-24/h6-9,12-13,17-20,23H,5,10-11,14-16H2,1-4H3,(H2,35,42)(H2,36,37,38,39). The molecular weight excluding hydrogens is 635 g/mol. The third-order valence-corrected chi connectivity index (χ3v) is 11.2. The number of likely N-dealkylation sites (tertiary alicyclic amines) is 1. The Balaban J connectivity index is 1.41. The largest absolute Gasteiger partial charge is 0.495 e. The molecule has 0 saturated carbocycles. The number of methoxy groups -OCH3 is 1. The summed E-state index contributed by atoms with van der Waals surface area (Å²) in [6, 6.07) is 14.1. The fourth-order valence-electron chi connectivity index (χ4n) is 6.20. The predicted octanol–water partition coefficient (Wildman–Crippen LogP) is 6.53. The van der Waals surface area contributed by atoms with E-state index >= 15 is 0 Å². The number of nitrogens with two attached hydrogens (primary N) is 1. The number of amides is 1. The lowest BCUT2D eigenvalue weighted by atomic mass is 9.86. The van der Waals surface area contributed by atoms with Crippen molar-refractivity contribution in [1.29, 1.82) is 0 Å². The molecule has 1 aliphatic rings. The zero-order valence-corrected chi connectivity index (χ0v) is 28.5. The van der Waals surface area contributed by atoms with E-state index in [-0.39, 0.29) is 16.5 Å². The number of piperidine rings is 1. The minimum absolute atomic E-state index is 0.130. The van der Waals surface area contributed by atoms with Crippen LogP contribution in [0.25, 0.3) is 11.0 Å². The molecule has 47 heavy (non-hydrogen) atoms. The summed E-state index contributed by atoms with van der Waals surface area (Å²) in [6.07, 6.45) is 4.80. The van der Waals surface area contributed by atoms with Crippen molar-refractivity contribution in [2.45, 2.75) is 50.8 Å². The van der Waals surface area contributed by atoms with Gasteiger partial charge in [0.2, 0.25) is 5.95 Å². The number of rotatable bonds is 11. The van der Waals surface area contributed by atoms with E-state index in [0.717, 1.165) is 54.0 Å². The van der Waals surface area contributed by atoms with Crippen molar-refractivity contribution >= 4 is 61.4 Å². The number of fused-ring (bicyclic) bond motifs is 1. The average Bonchev–Trinajstić information content (AvgIpc) is 3.70. The van der Waals surface area contributed by atoms with Crippen LogP contribution in [0.3, 0.4) is 0 Å². The highest BCUT2D eigenvalue weighted by atomic mass is 32.2. The average molecular weight is 674 g/mol. The highest BCUT2D eigenvalue weighted by Crippen LogP contribution is 2.38. The number of ether oxygens (including phenoxy) is 1. The fraction of sp³-hybridized carbons (Fsp3) is 0.324. The van der Waals surface area contributed by atoms with Crippen molar-refractivity contribution in [2.75, 3.05) is 37.4 Å². The summed E-state index contributed by atoms with van der Waals surface area (Å²) in [7, 11) is -2.38. The summed E-state index contributed by atoms with van der Waals surface area (Å²) < 4.78 is 34.6. The normalized spacial score (nSPS) is 14.4. The van der Waals surface area contributed by atoms with Crippen LogP contribution >= 0.6 is 11.3 Å². The Morgan fingerprint density at radius 1 is 1.04 bits per heavy atom. The van der Waals surface area contributed by atoms with Gasteiger partial charge in [-0.05, 0) is 112 Å². The van der Waals surface area contributed by atoms with E-state index in [1.54, 1.807) is 48.9 Å². The Morgan fingerprint density at radius 2 is 1.79 bits per heavy atom. The number of anilines is 4. The molecule has 246 valence electrons. The molecule has 0 radical (unpaired) electrons. The van der Waals surface area contributed by atoms with Gasteiger partial charge in [-0.15, -0.1) is 11.3 Å². The minimum Gasteiger partial charge on any atom is -0.495 e. The molecule has 1 saturated heterocycles. The first-order valence-electron chi connectivity index (χ1n) is 15.6. The first kappa shape index (κ1) is 32.5. The highest BCUT2D eigenvalue weighted by Gasteiger charge is 2.25. The van der Waals surface area contributed by atoms with E-state index in [2.05, 4.69) is 35.4 Å². The molecule has 4 N–H and O–H groups in total. The topological polar surface area (TPSA) is 144 Å². The third-order valence-electron chi connectivity index (χ3n) is 8.63. The molecule has 0 spiro atoms. The van der Waals surface area contributed by atoms with Gasteiger partial charge in [-0.25, -0.2) is 12.4 Å². The first-order valence-corrected chi connectivity index (χ1v) is 17.9. The van der Waals surface area contributed by atoms with Crippen LogP contribution in [0.1, 0.15) is 58.5 Å². The second-order valence-electron chi connectivity index (χ2n) is 11.9. The number of benzene rings is 2. The van der Waals surface area contributed by atoms with Crippen molar-refractivity contribution < 1.29 is 17.9 Å². The molecule has 13 heteroatoms. The summed E-state index contributed by atoms with van der Waals surface area (Å²) in [5, 5.41) is 8.68. The summed E-state index contributed by atoms with van der Waals surface area (Å²) in [5.74, 6) is 0.948. The second-order valence-corrected chi connectivity index (χ2v) is 14.6. The highest BCUT2D eigenvalue weighted by molar-refractivity contribution is 7.90. The van der Waals surface area contributed by atoms with Gasteiger partial charge in [0.05, 0.1) is 28.8 Å². The van der Waals surface area contributed by atoms with Gasteiger partial charge in [-0.1, -0.05) is 24.6 Å². The molecule has 11 nitrogen and oxygen atoms in total. The zero-order valence-electron chi connectivity index (χ0n) is 26.9. The van der Waals surface area contributed by atoms with Gasteiger partial charge in [-0.3, -0.25) is 4.79 Å². The van der Waals surface area contributed by atoms with Gasteiger partial charge in [0.1, 0.15) is 16.4 Å². The van der Waals surface area contributed by atoms with E-state index in [1.165, 1.54) is 23.1 Å². The third kappa shape index (κ3) is 6.55. The summed E-state index contributed by atoms with van der Waals surface area (Å²) in [6.45, 7) is 9.50. The van der Waals surface area contributed by atoms with Gasteiger partial charge in [0.15, 0.2) is 5.65 Å². The molecular formula is C34H39N7O4S2. The Labute approximate surface area is 278 Å². The second kappa shape index (κ2) is 13.3. The molecule has 0 atom stereocenters. The number of nitrogens with one attached hydrogen (secondary N) is 2. The summed E-state index contributed by atoms with van der Waals surface area (Å²) in [5.41, 5.74) is 10.2. The van der Waals surface area contributed by atoms with Crippen LogP contribution in [0.15, 0.2) is 65.0 Å². The Bertz CT molecular complexity index is 2030. The number of hydrogen-bond acceptors (Lipinski definition) is 10. The molecule has 1 amide bonds. The monoisotopic (exact) mass is 673 g/mol. The van der Waals surface area contributed by atoms with E-state index in [0.29, 0.717) is 39.1 Å². The van der Waals surface area contributed by atoms with Crippen LogP contribution < -0.4 is 21.1 Å². The van der Waals surface area contributed by atoms with Crippen LogP contribution in [-0.2, 0) is 10.0 Å². The molecule has 1 fully saturated rings. The Kier molecular flexibility index (Phi) is 9.22. The van der Waals surface area contributed by atoms with Gasteiger partial charge < -0.3 is 26.0 Å². The van der Waals surface area contributed by atoms with E-state index in [4.69, 9.17) is 20.4 Å². The molecule has 4 heterocycles. The maximum absolute atomic E-state index is 13.8. The van der Waals surface area contributed by atoms with E-state index in [1.807, 2.05) is 13.0 Å². The van der Waals surface area contributed by atoms with E-state index in [9.17, 15) is 13.2 Å². The molecule has 1 aliphatic heterocycles. The van der Waals surface area contributed by atoms with Crippen LogP contribution in [0.5, 0.6) is 5.75 Å². The number of carbonyl (C=O) groups is 1. The first-order chi connectivity index (χ1) is 22.6. The molecule has 6 rings (SSSR count). The molecule has 5 aromatic rings. The van der Waals surface area contributed by atoms with Crippen molar-refractivity contribution in [1.82, 2.24) is 18.8 Å². The van der Waals surface area contributed by atoms with Crippen molar-refractivity contribution in [3.63, 3.8) is 0 Å². The smallest absolute Gasteiger partial charge is 0.269 e. The lowest BCUT2D eigenvalue weighted by Gasteiger charge is -2.33. The number of aromatic nitrogens is 3. The predicted molar refractivity (Wildman–Crippen MR) is 187 cm³/mol. The number of carbonyl (C=O) groups excluding carboxylic acids is 1. The molecule has 2 aromatic carbocycles. The number of aryl methyl sites for hydroxylation is 2. The summed E-state index contributed by atoms with van der Waals surface area (Å²) >= 11 is 1.20. The summed E-state index contributed by atoms with van der Waals surface area (Å²) in [4.78, 5) is 24.5. The maximum Gasteiger partial charge on any atom is 0.269 e. The quantitative estimate of drug-likeness (QED) is 0.143. The van der Waals surface area contributed by atoms with Gasteiger partial charge in [-0.2, -0.15) is 9.97 Å². The van der Waals surface area contributed by atoms with Crippen LogP contribution in [0.4, 0.5) is 23.1 Å². The van der Waals surface area contributed by atoms with Gasteiger partial charge in [0.25, 0.3) is 15.9 Å². The van der Waals surface area contributed by atoms with E-state index < -0.39 is 15.9 Å². The molecule has 3 aromatic heterocycles. The minimum atomic E-state index is -4.00. The molecule has 0 unspecified atom stereocenters. The lowest BCUT2D eigenvalue weighted by molar-refractivity contribution is 0.100. The van der Waals surface area contributed by atoms with Crippen molar-refractivity contribution in [2.24, 2.45) is 5.73 Å². The number of hydrogen-bond donors (Lipinski definition) is 3. The number of nitrogens with zero attached hydrogens (tertiary/aromatic N) is 4. The maximum atomic E-state index is 13.8. The van der Waals surface area contributed by atoms with Crippen LogP contribution in [-0.4, -0.2) is 59.9 Å². The number of primary amides is 1. The van der Waals surface area contributed by atoms with Crippen LogP contribution in [0, 0.1) is 13.8 Å².